The van der Waals surface area contributed by atoms with Crippen molar-refractivity contribution in [3.8, 4) is 11.5 Å². The van der Waals surface area contributed by atoms with Gasteiger partial charge < -0.3 is 23.7 Å². The van der Waals surface area contributed by atoms with E-state index in [0.717, 1.165) is 22.3 Å². The number of ether oxygens (including phenoxy) is 2. The molecule has 8 nitrogen and oxygen atoms in total. The Hall–Kier alpha value is -5.37. The third kappa shape index (κ3) is 3.46. The molecule has 1 atom stereocenters. The molecule has 4 aromatic carbocycles. The Balaban J connectivity index is 1.39. The van der Waals surface area contributed by atoms with Crippen molar-refractivity contribution in [1.29, 1.82) is 0 Å². The summed E-state index contributed by atoms with van der Waals surface area (Å²) in [4.78, 5) is 47.1. The molecular weight excluding hydrogens is 544 g/mol. The van der Waals surface area contributed by atoms with Gasteiger partial charge in [0.2, 0.25) is 12.6 Å². The summed E-state index contributed by atoms with van der Waals surface area (Å²) >= 11 is 0. The van der Waals surface area contributed by atoms with E-state index in [-0.39, 0.29) is 42.5 Å². The lowest BCUT2D eigenvalue weighted by molar-refractivity contribution is -0.126. The second-order valence-electron chi connectivity index (χ2n) is 11.3. The van der Waals surface area contributed by atoms with E-state index in [1.807, 2.05) is 74.5 Å². The minimum absolute atomic E-state index is 0.0345. The summed E-state index contributed by atoms with van der Waals surface area (Å²) in [5.74, 6) is 0.173. The third-order valence-corrected chi connectivity index (χ3v) is 8.81. The fourth-order valence-electron chi connectivity index (χ4n) is 6.61. The summed E-state index contributed by atoms with van der Waals surface area (Å²) < 4.78 is 17.3. The molecule has 2 amide bonds. The van der Waals surface area contributed by atoms with Crippen LogP contribution >= 0.6 is 0 Å². The van der Waals surface area contributed by atoms with Crippen LogP contribution < -0.4 is 19.8 Å². The number of fused-ring (bicyclic) bond motifs is 6. The van der Waals surface area contributed by atoms with Crippen LogP contribution in [0.2, 0.25) is 0 Å². The van der Waals surface area contributed by atoms with Crippen molar-refractivity contribution in [2.24, 2.45) is 0 Å². The van der Waals surface area contributed by atoms with Gasteiger partial charge in [0.1, 0.15) is 5.58 Å². The first-order valence-electron chi connectivity index (χ1n) is 14.1. The standard InChI is InChI=1S/C35H26N2O6/c1-20-14-24-28(15-21(20)2)43-32-30(31(24)38)35(37(33(32)39)18-23-12-13-27-29(16-23)42-19-41-27)25-10-6-7-11-26(25)36(34(35)40)17-22-8-4-3-5-9-22/h3-16H,17-19H2,1-2H3. The van der Waals surface area contributed by atoms with Gasteiger partial charge in [0.25, 0.3) is 11.8 Å². The van der Waals surface area contributed by atoms with Crippen LogP contribution in [-0.2, 0) is 23.4 Å². The van der Waals surface area contributed by atoms with Crippen molar-refractivity contribution in [2.75, 3.05) is 11.7 Å². The Kier molecular flexibility index (Phi) is 5.34. The van der Waals surface area contributed by atoms with Crippen LogP contribution in [-0.4, -0.2) is 23.5 Å². The molecule has 0 saturated carbocycles. The highest BCUT2D eigenvalue weighted by Gasteiger charge is 2.65. The highest BCUT2D eigenvalue weighted by Crippen LogP contribution is 2.53. The van der Waals surface area contributed by atoms with E-state index in [4.69, 9.17) is 13.9 Å². The van der Waals surface area contributed by atoms with E-state index in [2.05, 4.69) is 0 Å². The molecule has 1 unspecified atom stereocenters. The maximum Gasteiger partial charge on any atom is 0.291 e. The van der Waals surface area contributed by atoms with Gasteiger partial charge in [-0.2, -0.15) is 0 Å². The Morgan fingerprint density at radius 1 is 0.767 bits per heavy atom. The molecule has 1 aromatic heterocycles. The molecular formula is C35H26N2O6. The zero-order valence-electron chi connectivity index (χ0n) is 23.5. The molecule has 4 heterocycles. The number of anilines is 1. The summed E-state index contributed by atoms with van der Waals surface area (Å²) in [5.41, 5.74) is 2.98. The second kappa shape index (κ2) is 9.06. The highest BCUT2D eigenvalue weighted by molar-refractivity contribution is 6.17. The predicted molar refractivity (Wildman–Crippen MR) is 159 cm³/mol. The summed E-state index contributed by atoms with van der Waals surface area (Å²) in [7, 11) is 0. The largest absolute Gasteiger partial charge is 0.454 e. The average molecular weight is 571 g/mol. The lowest BCUT2D eigenvalue weighted by Gasteiger charge is -2.34. The summed E-state index contributed by atoms with van der Waals surface area (Å²) in [6.07, 6.45) is 0. The van der Waals surface area contributed by atoms with Crippen LogP contribution in [0.3, 0.4) is 0 Å². The molecule has 0 bridgehead atoms. The first-order valence-corrected chi connectivity index (χ1v) is 14.1. The van der Waals surface area contributed by atoms with Gasteiger partial charge in [-0.1, -0.05) is 54.6 Å². The van der Waals surface area contributed by atoms with E-state index >= 15 is 4.79 Å². The maximum absolute atomic E-state index is 15.0. The Morgan fingerprint density at radius 2 is 1.51 bits per heavy atom. The summed E-state index contributed by atoms with van der Waals surface area (Å²) in [6.45, 7) is 4.27. The van der Waals surface area contributed by atoms with Gasteiger partial charge in [-0.15, -0.1) is 0 Å². The lowest BCUT2D eigenvalue weighted by Crippen LogP contribution is -2.52. The van der Waals surface area contributed by atoms with Crippen molar-refractivity contribution >= 4 is 28.5 Å². The van der Waals surface area contributed by atoms with Crippen LogP contribution in [0.15, 0.2) is 94.1 Å². The molecule has 43 heavy (non-hydrogen) atoms. The molecule has 0 radical (unpaired) electrons. The Labute approximate surface area is 246 Å². The van der Waals surface area contributed by atoms with Gasteiger partial charge in [0.05, 0.1) is 23.2 Å². The van der Waals surface area contributed by atoms with E-state index < -0.39 is 11.4 Å². The number of hydrogen-bond acceptors (Lipinski definition) is 6. The molecule has 8 rings (SSSR count). The first-order chi connectivity index (χ1) is 20.9. The van der Waals surface area contributed by atoms with Crippen LogP contribution in [0.4, 0.5) is 5.69 Å². The van der Waals surface area contributed by atoms with Crippen molar-refractivity contribution in [2.45, 2.75) is 32.5 Å². The minimum Gasteiger partial charge on any atom is -0.454 e. The molecule has 8 heteroatoms. The zero-order valence-corrected chi connectivity index (χ0v) is 23.5. The van der Waals surface area contributed by atoms with E-state index in [0.29, 0.717) is 33.7 Å². The molecule has 3 aliphatic rings. The van der Waals surface area contributed by atoms with Crippen molar-refractivity contribution in [3.05, 3.63) is 134 Å². The number of amides is 2. The van der Waals surface area contributed by atoms with E-state index in [1.54, 1.807) is 29.2 Å². The summed E-state index contributed by atoms with van der Waals surface area (Å²) in [5, 5.41) is 0.339. The van der Waals surface area contributed by atoms with Crippen LogP contribution in [0.5, 0.6) is 11.5 Å². The second-order valence-corrected chi connectivity index (χ2v) is 11.3. The number of carbonyl (C=O) groups is 2. The number of aryl methyl sites for hydroxylation is 2. The maximum atomic E-state index is 15.0. The van der Waals surface area contributed by atoms with Gasteiger partial charge in [0, 0.05) is 12.1 Å². The van der Waals surface area contributed by atoms with Gasteiger partial charge in [0.15, 0.2) is 22.5 Å². The topological polar surface area (TPSA) is 89.3 Å². The average Bonchev–Trinajstić information content (AvgIpc) is 3.65. The van der Waals surface area contributed by atoms with Gasteiger partial charge in [-0.05, 0) is 66.4 Å². The molecule has 1 spiro atoms. The van der Waals surface area contributed by atoms with E-state index in [9.17, 15) is 9.59 Å². The quantitative estimate of drug-likeness (QED) is 0.280. The summed E-state index contributed by atoms with van der Waals surface area (Å²) in [6, 6.07) is 26.0. The smallest absolute Gasteiger partial charge is 0.291 e. The van der Waals surface area contributed by atoms with Crippen LogP contribution in [0.1, 0.15) is 43.9 Å². The molecule has 212 valence electrons. The number of rotatable bonds is 4. The molecule has 0 fully saturated rings. The number of benzene rings is 4. The first kappa shape index (κ1) is 25.3. The van der Waals surface area contributed by atoms with Crippen molar-refractivity contribution in [1.82, 2.24) is 4.90 Å². The van der Waals surface area contributed by atoms with Crippen LogP contribution in [0.25, 0.3) is 11.0 Å². The normalized spacial score (nSPS) is 18.2. The monoisotopic (exact) mass is 570 g/mol. The van der Waals surface area contributed by atoms with Gasteiger partial charge in [-0.25, -0.2) is 0 Å². The fraction of sp³-hybridized carbons (Fsp3) is 0.171. The third-order valence-electron chi connectivity index (χ3n) is 8.81. The van der Waals surface area contributed by atoms with E-state index in [1.165, 1.54) is 4.90 Å². The molecule has 0 N–H and O–H groups in total. The number of carbonyl (C=O) groups excluding carboxylic acids is 2. The SMILES string of the molecule is Cc1cc2oc3c(c(=O)c2cc1C)C1(C(=O)N(Cc2ccccc2)c2ccccc21)N(Cc1ccc2c(c1)OCO2)C3=O. The number of hydrogen-bond donors (Lipinski definition) is 0. The molecule has 0 saturated heterocycles. The van der Waals surface area contributed by atoms with Crippen molar-refractivity contribution in [3.63, 3.8) is 0 Å². The molecule has 5 aromatic rings. The number of nitrogens with zero attached hydrogens (tertiary/aromatic N) is 2. The molecule has 0 aliphatic carbocycles. The van der Waals surface area contributed by atoms with Gasteiger partial charge in [-0.3, -0.25) is 14.4 Å². The lowest BCUT2D eigenvalue weighted by atomic mass is 9.83. The van der Waals surface area contributed by atoms with Crippen molar-refractivity contribution < 1.29 is 23.5 Å². The number of para-hydroxylation sites is 1. The minimum atomic E-state index is -1.72. The van der Waals surface area contributed by atoms with Gasteiger partial charge >= 0.3 is 0 Å². The fourth-order valence-corrected chi connectivity index (χ4v) is 6.61. The highest BCUT2D eigenvalue weighted by atomic mass is 16.7. The Morgan fingerprint density at radius 3 is 2.35 bits per heavy atom. The van der Waals surface area contributed by atoms with Crippen LogP contribution in [0, 0.1) is 13.8 Å². The predicted octanol–water partition coefficient (Wildman–Crippen LogP) is 5.58. The zero-order chi connectivity index (χ0) is 29.5. The Bertz CT molecular complexity index is 2070. The molecule has 3 aliphatic heterocycles.